The van der Waals surface area contributed by atoms with Gasteiger partial charge in [0.05, 0.1) is 6.54 Å². The Bertz CT molecular complexity index is 684. The molecule has 8 heteroatoms. The van der Waals surface area contributed by atoms with Gasteiger partial charge in [-0.2, -0.15) is 0 Å². The molecule has 25 heavy (non-hydrogen) atoms. The molecule has 0 saturated carbocycles. The molecule has 0 aliphatic carbocycles. The second kappa shape index (κ2) is 9.91. The van der Waals surface area contributed by atoms with Gasteiger partial charge in [0.2, 0.25) is 0 Å². The van der Waals surface area contributed by atoms with Crippen molar-refractivity contribution in [1.29, 1.82) is 0 Å². The Balaban J connectivity index is 0.00000225. The molecular formula is C17H28IN7. The number of nitrogens with one attached hydrogen (secondary N) is 2. The van der Waals surface area contributed by atoms with Crippen molar-refractivity contribution in [3.05, 3.63) is 30.2 Å². The lowest BCUT2D eigenvalue weighted by Gasteiger charge is -2.30. The van der Waals surface area contributed by atoms with Crippen molar-refractivity contribution in [2.75, 3.05) is 33.2 Å². The summed E-state index contributed by atoms with van der Waals surface area (Å²) < 4.78 is 1.98. The topological polar surface area (TPSA) is 69.8 Å². The van der Waals surface area contributed by atoms with Crippen LogP contribution in [0, 0.1) is 5.92 Å². The Hall–Kier alpha value is -1.42. The van der Waals surface area contributed by atoms with E-state index in [1.807, 2.05) is 28.8 Å². The number of guanidine groups is 1. The van der Waals surface area contributed by atoms with E-state index >= 15 is 0 Å². The van der Waals surface area contributed by atoms with Crippen molar-refractivity contribution >= 4 is 35.6 Å². The van der Waals surface area contributed by atoms with E-state index in [1.54, 1.807) is 7.05 Å². The van der Waals surface area contributed by atoms with Crippen LogP contribution in [0.5, 0.6) is 0 Å². The van der Waals surface area contributed by atoms with Crippen molar-refractivity contribution < 1.29 is 0 Å². The van der Waals surface area contributed by atoms with E-state index in [4.69, 9.17) is 0 Å². The number of hydrogen-bond acceptors (Lipinski definition) is 4. The first-order valence-corrected chi connectivity index (χ1v) is 8.72. The second-order valence-electron chi connectivity index (χ2n) is 6.45. The Morgan fingerprint density at radius 1 is 1.32 bits per heavy atom. The molecule has 0 radical (unpaired) electrons. The molecule has 3 heterocycles. The molecule has 0 aromatic carbocycles. The smallest absolute Gasteiger partial charge is 0.191 e. The van der Waals surface area contributed by atoms with Crippen molar-refractivity contribution in [2.24, 2.45) is 10.9 Å². The number of pyridine rings is 1. The third-order valence-corrected chi connectivity index (χ3v) is 4.48. The van der Waals surface area contributed by atoms with Gasteiger partial charge >= 0.3 is 0 Å². The predicted molar refractivity (Wildman–Crippen MR) is 111 cm³/mol. The summed E-state index contributed by atoms with van der Waals surface area (Å²) in [5, 5.41) is 15.1. The maximum atomic E-state index is 4.28. The van der Waals surface area contributed by atoms with Gasteiger partial charge in [-0.15, -0.1) is 34.2 Å². The molecule has 2 aromatic heterocycles. The number of aromatic nitrogens is 3. The maximum Gasteiger partial charge on any atom is 0.191 e. The van der Waals surface area contributed by atoms with Gasteiger partial charge in [0.15, 0.2) is 17.4 Å². The van der Waals surface area contributed by atoms with Gasteiger partial charge in [0.1, 0.15) is 0 Å². The summed E-state index contributed by atoms with van der Waals surface area (Å²) in [7, 11) is 1.79. The van der Waals surface area contributed by atoms with Gasteiger partial charge in [-0.3, -0.25) is 9.39 Å². The molecule has 2 N–H and O–H groups in total. The summed E-state index contributed by atoms with van der Waals surface area (Å²) in [6.07, 6.45) is 4.65. The minimum atomic E-state index is 0. The van der Waals surface area contributed by atoms with Gasteiger partial charge in [0, 0.05) is 32.9 Å². The summed E-state index contributed by atoms with van der Waals surface area (Å²) in [6.45, 7) is 7.30. The largest absolute Gasteiger partial charge is 0.355 e. The van der Waals surface area contributed by atoms with E-state index in [2.05, 4.69) is 37.6 Å². The highest BCUT2D eigenvalue weighted by atomic mass is 127. The predicted octanol–water partition coefficient (Wildman–Crippen LogP) is 1.74. The number of hydrogen-bond donors (Lipinski definition) is 2. The summed E-state index contributed by atoms with van der Waals surface area (Å²) in [5.41, 5.74) is 0.858. The zero-order valence-electron chi connectivity index (χ0n) is 15.0. The van der Waals surface area contributed by atoms with E-state index in [-0.39, 0.29) is 24.0 Å². The highest BCUT2D eigenvalue weighted by molar-refractivity contribution is 14.0. The summed E-state index contributed by atoms with van der Waals surface area (Å²) in [6, 6.07) is 5.89. The number of piperidine rings is 1. The Kier molecular flexibility index (Phi) is 7.89. The van der Waals surface area contributed by atoms with Gasteiger partial charge in [0.25, 0.3) is 0 Å². The Labute approximate surface area is 166 Å². The molecule has 138 valence electrons. The van der Waals surface area contributed by atoms with Crippen LogP contribution in [0.25, 0.3) is 5.65 Å². The molecule has 1 atom stereocenters. The number of fused-ring (bicyclic) bond motifs is 1. The molecule has 0 bridgehead atoms. The lowest BCUT2D eigenvalue weighted by Crippen LogP contribution is -2.43. The number of nitrogens with zero attached hydrogens (tertiary/aromatic N) is 5. The van der Waals surface area contributed by atoms with Crippen LogP contribution < -0.4 is 10.6 Å². The Morgan fingerprint density at radius 3 is 3.00 bits per heavy atom. The summed E-state index contributed by atoms with van der Waals surface area (Å²) in [5.74, 6) is 2.49. The molecule has 2 aromatic rings. The minimum absolute atomic E-state index is 0. The van der Waals surface area contributed by atoms with Crippen LogP contribution in [0.2, 0.25) is 0 Å². The maximum absolute atomic E-state index is 4.28. The zero-order valence-corrected chi connectivity index (χ0v) is 17.3. The van der Waals surface area contributed by atoms with E-state index in [1.165, 1.54) is 25.9 Å². The van der Waals surface area contributed by atoms with Crippen LogP contribution in [-0.2, 0) is 6.54 Å². The first-order valence-electron chi connectivity index (χ1n) is 8.72. The molecule has 1 aliphatic rings. The number of aliphatic imine (C=N–C) groups is 1. The number of likely N-dealkylation sites (tertiary alicyclic amines) is 1. The lowest BCUT2D eigenvalue weighted by molar-refractivity contribution is 0.187. The van der Waals surface area contributed by atoms with Crippen molar-refractivity contribution in [3.8, 4) is 0 Å². The third kappa shape index (κ3) is 5.53. The molecule has 0 spiro atoms. The molecule has 7 nitrogen and oxygen atoms in total. The average molecular weight is 457 g/mol. The first kappa shape index (κ1) is 19.9. The monoisotopic (exact) mass is 457 g/mol. The molecule has 0 amide bonds. The fraction of sp³-hybridized carbons (Fsp3) is 0.588. The number of rotatable bonds is 5. The second-order valence-corrected chi connectivity index (χ2v) is 6.45. The molecule has 1 unspecified atom stereocenters. The van der Waals surface area contributed by atoms with Crippen LogP contribution in [0.3, 0.4) is 0 Å². The standard InChI is InChI=1S/C17H27N7.HI/c1-14-6-5-9-23(13-14)11-8-19-17(18-2)20-12-16-22-21-15-7-3-4-10-24(15)16;/h3-4,7,10,14H,5-6,8-9,11-13H2,1-2H3,(H2,18,19,20);1H. The Morgan fingerprint density at radius 2 is 2.20 bits per heavy atom. The fourth-order valence-corrected chi connectivity index (χ4v) is 3.22. The average Bonchev–Trinajstić information content (AvgIpc) is 3.01. The van der Waals surface area contributed by atoms with E-state index in [0.717, 1.165) is 36.4 Å². The first-order chi connectivity index (χ1) is 11.8. The molecule has 1 fully saturated rings. The van der Waals surface area contributed by atoms with Gasteiger partial charge < -0.3 is 15.5 Å². The van der Waals surface area contributed by atoms with Crippen molar-refractivity contribution in [2.45, 2.75) is 26.3 Å². The molecular weight excluding hydrogens is 429 g/mol. The fourth-order valence-electron chi connectivity index (χ4n) is 3.22. The highest BCUT2D eigenvalue weighted by Crippen LogP contribution is 2.14. The molecule has 1 aliphatic heterocycles. The van der Waals surface area contributed by atoms with Crippen LogP contribution in [-0.4, -0.2) is 58.7 Å². The van der Waals surface area contributed by atoms with E-state index < -0.39 is 0 Å². The SMILES string of the molecule is CN=C(NCCN1CCCC(C)C1)NCc1nnc2ccccn12.I. The van der Waals surface area contributed by atoms with Gasteiger partial charge in [-0.1, -0.05) is 13.0 Å². The van der Waals surface area contributed by atoms with Crippen LogP contribution >= 0.6 is 24.0 Å². The van der Waals surface area contributed by atoms with Crippen LogP contribution in [0.15, 0.2) is 29.4 Å². The molecule has 3 rings (SSSR count). The highest BCUT2D eigenvalue weighted by Gasteiger charge is 2.15. The molecule has 1 saturated heterocycles. The summed E-state index contributed by atoms with van der Waals surface area (Å²) >= 11 is 0. The normalized spacial score (nSPS) is 18.8. The van der Waals surface area contributed by atoms with Crippen molar-refractivity contribution in [3.63, 3.8) is 0 Å². The lowest BCUT2D eigenvalue weighted by atomic mass is 10.0. The third-order valence-electron chi connectivity index (χ3n) is 4.48. The van der Waals surface area contributed by atoms with E-state index in [9.17, 15) is 0 Å². The van der Waals surface area contributed by atoms with Crippen LogP contribution in [0.4, 0.5) is 0 Å². The summed E-state index contributed by atoms with van der Waals surface area (Å²) in [4.78, 5) is 6.81. The van der Waals surface area contributed by atoms with Crippen LogP contribution in [0.1, 0.15) is 25.6 Å². The quantitative estimate of drug-likeness (QED) is 0.407. The van der Waals surface area contributed by atoms with Gasteiger partial charge in [-0.25, -0.2) is 0 Å². The van der Waals surface area contributed by atoms with E-state index in [0.29, 0.717) is 6.54 Å². The van der Waals surface area contributed by atoms with Crippen molar-refractivity contribution in [1.82, 2.24) is 30.1 Å². The van der Waals surface area contributed by atoms with Gasteiger partial charge in [-0.05, 0) is 37.4 Å². The zero-order chi connectivity index (χ0) is 16.8. The minimum Gasteiger partial charge on any atom is -0.355 e. The number of halogens is 1.